The zero-order valence-corrected chi connectivity index (χ0v) is 15.3. The first-order valence-electron chi connectivity index (χ1n) is 9.00. The third-order valence-corrected chi connectivity index (χ3v) is 4.49. The van der Waals surface area contributed by atoms with Crippen LogP contribution >= 0.6 is 0 Å². The Balaban J connectivity index is 1.53. The lowest BCUT2D eigenvalue weighted by atomic mass is 10.0. The molecule has 27 heavy (non-hydrogen) atoms. The normalized spacial score (nSPS) is 13.0. The molecule has 2 N–H and O–H groups in total. The summed E-state index contributed by atoms with van der Waals surface area (Å²) in [6, 6.07) is 5.40. The standard InChI is InChI=1S/C19H23N5O3/c1-14(25)24-10-2-4-15-5-6-16(12-17(15)24)22-19(27)18(26)21-7-3-9-23-11-8-20-13-23/h5-6,8,11-13H,2-4,7,9-10H2,1H3,(H,21,26)(H,22,27). The van der Waals surface area contributed by atoms with Gasteiger partial charge in [0.15, 0.2) is 0 Å². The molecular weight excluding hydrogens is 346 g/mol. The maximum Gasteiger partial charge on any atom is 0.313 e. The number of hydrogen-bond donors (Lipinski definition) is 2. The predicted octanol–water partition coefficient (Wildman–Crippen LogP) is 1.33. The summed E-state index contributed by atoms with van der Waals surface area (Å²) in [5.41, 5.74) is 2.37. The Morgan fingerprint density at radius 1 is 1.22 bits per heavy atom. The minimum atomic E-state index is -0.720. The van der Waals surface area contributed by atoms with Crippen molar-refractivity contribution < 1.29 is 14.4 Å². The maximum absolute atomic E-state index is 12.1. The van der Waals surface area contributed by atoms with E-state index in [-0.39, 0.29) is 5.91 Å². The molecule has 0 radical (unpaired) electrons. The number of carbonyl (C=O) groups excluding carboxylic acids is 3. The summed E-state index contributed by atoms with van der Waals surface area (Å²) in [6.45, 7) is 3.30. The van der Waals surface area contributed by atoms with E-state index >= 15 is 0 Å². The third kappa shape index (κ3) is 4.72. The third-order valence-electron chi connectivity index (χ3n) is 4.49. The molecule has 8 heteroatoms. The number of fused-ring (bicyclic) bond motifs is 1. The number of amides is 3. The zero-order valence-electron chi connectivity index (χ0n) is 15.3. The van der Waals surface area contributed by atoms with Crippen molar-refractivity contribution in [3.8, 4) is 0 Å². The number of rotatable bonds is 5. The van der Waals surface area contributed by atoms with Crippen LogP contribution < -0.4 is 15.5 Å². The van der Waals surface area contributed by atoms with Crippen LogP contribution in [-0.2, 0) is 27.3 Å². The van der Waals surface area contributed by atoms with Gasteiger partial charge in [-0.15, -0.1) is 0 Å². The van der Waals surface area contributed by atoms with Crippen molar-refractivity contribution in [2.45, 2.75) is 32.7 Å². The topological polar surface area (TPSA) is 96.3 Å². The van der Waals surface area contributed by atoms with Crippen molar-refractivity contribution in [2.75, 3.05) is 23.3 Å². The predicted molar refractivity (Wildman–Crippen MR) is 101 cm³/mol. The van der Waals surface area contributed by atoms with Crippen molar-refractivity contribution in [1.82, 2.24) is 14.9 Å². The summed E-state index contributed by atoms with van der Waals surface area (Å²) in [6.07, 6.45) is 7.74. The van der Waals surface area contributed by atoms with Gasteiger partial charge in [0.2, 0.25) is 5.91 Å². The fourth-order valence-corrected chi connectivity index (χ4v) is 3.13. The van der Waals surface area contributed by atoms with Crippen LogP contribution in [0.5, 0.6) is 0 Å². The van der Waals surface area contributed by atoms with Crippen LogP contribution in [0.15, 0.2) is 36.9 Å². The van der Waals surface area contributed by atoms with Crippen LogP contribution in [0, 0.1) is 0 Å². The highest BCUT2D eigenvalue weighted by molar-refractivity contribution is 6.39. The minimum Gasteiger partial charge on any atom is -0.348 e. The molecule has 3 rings (SSSR count). The summed E-state index contributed by atoms with van der Waals surface area (Å²) >= 11 is 0. The fraction of sp³-hybridized carbons (Fsp3) is 0.368. The van der Waals surface area contributed by atoms with Gasteiger partial charge in [0.1, 0.15) is 0 Å². The molecule has 0 bridgehead atoms. The Morgan fingerprint density at radius 2 is 2.07 bits per heavy atom. The molecule has 1 aromatic heterocycles. The van der Waals surface area contributed by atoms with Crippen LogP contribution in [0.4, 0.5) is 11.4 Å². The molecule has 8 nitrogen and oxygen atoms in total. The van der Waals surface area contributed by atoms with Crippen LogP contribution in [0.25, 0.3) is 0 Å². The molecule has 0 unspecified atom stereocenters. The molecule has 0 saturated carbocycles. The Labute approximate surface area is 157 Å². The summed E-state index contributed by atoms with van der Waals surface area (Å²) < 4.78 is 1.90. The molecule has 0 atom stereocenters. The van der Waals surface area contributed by atoms with E-state index in [9.17, 15) is 14.4 Å². The van der Waals surface area contributed by atoms with Crippen LogP contribution in [0.2, 0.25) is 0 Å². The van der Waals surface area contributed by atoms with Crippen molar-refractivity contribution in [1.29, 1.82) is 0 Å². The Kier molecular flexibility index (Phi) is 5.85. The highest BCUT2D eigenvalue weighted by Crippen LogP contribution is 2.30. The van der Waals surface area contributed by atoms with Crippen molar-refractivity contribution in [2.24, 2.45) is 0 Å². The molecule has 1 aliphatic rings. The van der Waals surface area contributed by atoms with Gasteiger partial charge in [-0.05, 0) is 37.0 Å². The lowest BCUT2D eigenvalue weighted by molar-refractivity contribution is -0.136. The maximum atomic E-state index is 12.1. The summed E-state index contributed by atoms with van der Waals surface area (Å²) in [4.78, 5) is 41.5. The molecule has 3 amide bonds. The zero-order chi connectivity index (χ0) is 19.2. The van der Waals surface area contributed by atoms with Gasteiger partial charge < -0.3 is 20.1 Å². The Hall–Kier alpha value is -3.16. The second kappa shape index (κ2) is 8.48. The molecule has 0 fully saturated rings. The van der Waals surface area contributed by atoms with Crippen LogP contribution in [-0.4, -0.2) is 40.4 Å². The van der Waals surface area contributed by atoms with Gasteiger partial charge in [-0.2, -0.15) is 0 Å². The molecule has 0 saturated heterocycles. The van der Waals surface area contributed by atoms with E-state index in [2.05, 4.69) is 15.6 Å². The molecule has 0 spiro atoms. The Morgan fingerprint density at radius 3 is 2.81 bits per heavy atom. The first-order valence-corrected chi connectivity index (χ1v) is 9.00. The van der Waals surface area contributed by atoms with E-state index in [1.165, 1.54) is 6.92 Å². The molecule has 2 aromatic rings. The molecule has 1 aliphatic heterocycles. The highest BCUT2D eigenvalue weighted by Gasteiger charge is 2.21. The summed E-state index contributed by atoms with van der Waals surface area (Å²) in [7, 11) is 0. The van der Waals surface area contributed by atoms with Crippen molar-refractivity contribution in [3.05, 3.63) is 42.5 Å². The van der Waals surface area contributed by atoms with Gasteiger partial charge in [0, 0.05) is 50.3 Å². The highest BCUT2D eigenvalue weighted by atomic mass is 16.2. The fourth-order valence-electron chi connectivity index (χ4n) is 3.13. The minimum absolute atomic E-state index is 0.0324. The lowest BCUT2D eigenvalue weighted by Crippen LogP contribution is -2.36. The number of imidazole rings is 1. The van der Waals surface area contributed by atoms with Crippen molar-refractivity contribution >= 4 is 29.1 Å². The number of hydrogen-bond acceptors (Lipinski definition) is 4. The quantitative estimate of drug-likeness (QED) is 0.614. The average molecular weight is 369 g/mol. The van der Waals surface area contributed by atoms with E-state index < -0.39 is 11.8 Å². The number of aryl methyl sites for hydroxylation is 2. The molecule has 2 heterocycles. The van der Waals surface area contributed by atoms with Gasteiger partial charge in [0.05, 0.1) is 6.33 Å². The number of nitrogens with zero attached hydrogens (tertiary/aromatic N) is 3. The number of aromatic nitrogens is 2. The SMILES string of the molecule is CC(=O)N1CCCc2ccc(NC(=O)C(=O)NCCCn3ccnc3)cc21. The monoisotopic (exact) mass is 369 g/mol. The first kappa shape index (κ1) is 18.6. The van der Waals surface area contributed by atoms with E-state index in [0.717, 1.165) is 24.1 Å². The van der Waals surface area contributed by atoms with E-state index in [0.29, 0.717) is 31.7 Å². The van der Waals surface area contributed by atoms with E-state index in [4.69, 9.17) is 0 Å². The number of benzene rings is 1. The van der Waals surface area contributed by atoms with Gasteiger partial charge in [-0.1, -0.05) is 6.07 Å². The molecule has 142 valence electrons. The van der Waals surface area contributed by atoms with Gasteiger partial charge in [-0.25, -0.2) is 4.98 Å². The van der Waals surface area contributed by atoms with Crippen LogP contribution in [0.3, 0.4) is 0 Å². The van der Waals surface area contributed by atoms with E-state index in [1.54, 1.807) is 29.6 Å². The largest absolute Gasteiger partial charge is 0.348 e. The number of carbonyl (C=O) groups is 3. The number of anilines is 2. The average Bonchev–Trinajstić information content (AvgIpc) is 3.17. The van der Waals surface area contributed by atoms with Gasteiger partial charge in [-0.3, -0.25) is 14.4 Å². The molecular formula is C19H23N5O3. The summed E-state index contributed by atoms with van der Waals surface area (Å²) in [5, 5.41) is 5.21. The van der Waals surface area contributed by atoms with Crippen LogP contribution in [0.1, 0.15) is 25.3 Å². The lowest BCUT2D eigenvalue weighted by Gasteiger charge is -2.29. The number of nitrogens with one attached hydrogen (secondary N) is 2. The smallest absolute Gasteiger partial charge is 0.313 e. The summed E-state index contributed by atoms with van der Waals surface area (Å²) in [5.74, 6) is -1.43. The van der Waals surface area contributed by atoms with E-state index in [1.807, 2.05) is 16.8 Å². The van der Waals surface area contributed by atoms with Gasteiger partial charge in [0.25, 0.3) is 0 Å². The molecule has 0 aliphatic carbocycles. The molecule has 1 aromatic carbocycles. The second-order valence-corrected chi connectivity index (χ2v) is 6.48. The Bertz CT molecular complexity index is 832. The van der Waals surface area contributed by atoms with Crippen molar-refractivity contribution in [3.63, 3.8) is 0 Å². The second-order valence-electron chi connectivity index (χ2n) is 6.48. The van der Waals surface area contributed by atoms with Gasteiger partial charge >= 0.3 is 11.8 Å². The first-order chi connectivity index (χ1) is 13.0.